The number of rotatable bonds is 7. The lowest BCUT2D eigenvalue weighted by molar-refractivity contribution is -0.113. The maximum Gasteiger partial charge on any atom is 0.277 e. The van der Waals surface area contributed by atoms with Gasteiger partial charge in [-0.05, 0) is 24.3 Å². The summed E-state index contributed by atoms with van der Waals surface area (Å²) < 4.78 is 45.2. The number of amides is 2. The van der Waals surface area contributed by atoms with Crippen LogP contribution in [0.5, 0.6) is 0 Å². The first-order valence-corrected chi connectivity index (χ1v) is 9.14. The number of carbonyl (C=O) groups is 2. The lowest BCUT2D eigenvalue weighted by atomic mass is 10.2. The number of nitrogens with zero attached hydrogens (tertiary/aromatic N) is 2. The SMILES string of the molecule is O=C(CSc1nnc(CNC(=O)c2ccccc2F)o1)Nc1ccc(F)cc1F. The minimum absolute atomic E-state index is 0.0508. The summed E-state index contributed by atoms with van der Waals surface area (Å²) in [5.74, 6) is -3.62. The topological polar surface area (TPSA) is 97.1 Å². The van der Waals surface area contributed by atoms with E-state index in [9.17, 15) is 22.8 Å². The summed E-state index contributed by atoms with van der Waals surface area (Å²) in [6, 6.07) is 8.28. The molecular formula is C18H13F3N4O3S. The monoisotopic (exact) mass is 422 g/mol. The van der Waals surface area contributed by atoms with Crippen molar-refractivity contribution >= 4 is 29.3 Å². The Labute approximate surface area is 166 Å². The Balaban J connectivity index is 1.48. The predicted molar refractivity (Wildman–Crippen MR) is 97.6 cm³/mol. The maximum absolute atomic E-state index is 13.6. The van der Waals surface area contributed by atoms with Gasteiger partial charge in [-0.15, -0.1) is 10.2 Å². The molecule has 1 aromatic heterocycles. The average molecular weight is 422 g/mol. The van der Waals surface area contributed by atoms with Gasteiger partial charge in [0.05, 0.1) is 23.5 Å². The highest BCUT2D eigenvalue weighted by atomic mass is 32.2. The Morgan fingerprint density at radius 3 is 2.59 bits per heavy atom. The third-order valence-corrected chi connectivity index (χ3v) is 4.32. The van der Waals surface area contributed by atoms with Crippen LogP contribution in [0, 0.1) is 17.5 Å². The zero-order valence-corrected chi connectivity index (χ0v) is 15.4. The molecule has 0 aliphatic rings. The van der Waals surface area contributed by atoms with Crippen LogP contribution in [0.15, 0.2) is 52.1 Å². The molecule has 3 rings (SSSR count). The molecule has 0 bridgehead atoms. The van der Waals surface area contributed by atoms with Gasteiger partial charge in [0.1, 0.15) is 17.5 Å². The largest absolute Gasteiger partial charge is 0.414 e. The van der Waals surface area contributed by atoms with Gasteiger partial charge in [-0.25, -0.2) is 13.2 Å². The van der Waals surface area contributed by atoms with E-state index in [1.165, 1.54) is 24.3 Å². The molecule has 0 fully saturated rings. The van der Waals surface area contributed by atoms with Crippen LogP contribution < -0.4 is 10.6 Å². The van der Waals surface area contributed by atoms with Crippen molar-refractivity contribution in [3.8, 4) is 0 Å². The maximum atomic E-state index is 13.6. The van der Waals surface area contributed by atoms with Gasteiger partial charge >= 0.3 is 0 Å². The van der Waals surface area contributed by atoms with E-state index in [1.54, 1.807) is 0 Å². The molecule has 0 radical (unpaired) electrons. The number of anilines is 1. The zero-order valence-electron chi connectivity index (χ0n) is 14.6. The molecule has 0 saturated heterocycles. The molecule has 0 aliphatic heterocycles. The van der Waals surface area contributed by atoms with Crippen LogP contribution in [0.4, 0.5) is 18.9 Å². The fraction of sp³-hybridized carbons (Fsp3) is 0.111. The highest BCUT2D eigenvalue weighted by molar-refractivity contribution is 7.99. The molecule has 29 heavy (non-hydrogen) atoms. The quantitative estimate of drug-likeness (QED) is 0.568. The third-order valence-electron chi connectivity index (χ3n) is 3.50. The first-order chi connectivity index (χ1) is 13.9. The smallest absolute Gasteiger partial charge is 0.277 e. The lowest BCUT2D eigenvalue weighted by Crippen LogP contribution is -2.23. The van der Waals surface area contributed by atoms with Gasteiger partial charge < -0.3 is 15.1 Å². The third kappa shape index (κ3) is 5.57. The number of nitrogens with one attached hydrogen (secondary N) is 2. The van der Waals surface area contributed by atoms with E-state index in [-0.39, 0.29) is 34.7 Å². The van der Waals surface area contributed by atoms with Gasteiger partial charge in [0.2, 0.25) is 11.8 Å². The Morgan fingerprint density at radius 1 is 1.03 bits per heavy atom. The summed E-state index contributed by atoms with van der Waals surface area (Å²) in [6.45, 7) is -0.131. The minimum atomic E-state index is -0.894. The summed E-state index contributed by atoms with van der Waals surface area (Å²) >= 11 is 0.889. The fourth-order valence-corrected chi connectivity index (χ4v) is 2.75. The number of thioether (sulfide) groups is 1. The van der Waals surface area contributed by atoms with Crippen LogP contribution in [-0.4, -0.2) is 27.8 Å². The van der Waals surface area contributed by atoms with Crippen LogP contribution in [0.1, 0.15) is 16.2 Å². The molecule has 0 spiro atoms. The van der Waals surface area contributed by atoms with E-state index in [0.29, 0.717) is 6.07 Å². The normalized spacial score (nSPS) is 10.6. The average Bonchev–Trinajstić information content (AvgIpc) is 3.15. The van der Waals surface area contributed by atoms with Crippen molar-refractivity contribution in [1.29, 1.82) is 0 Å². The Bertz CT molecular complexity index is 1040. The van der Waals surface area contributed by atoms with Gasteiger partial charge in [-0.3, -0.25) is 9.59 Å². The van der Waals surface area contributed by atoms with Gasteiger partial charge in [-0.2, -0.15) is 0 Å². The van der Waals surface area contributed by atoms with Gasteiger partial charge in [0, 0.05) is 6.07 Å². The van der Waals surface area contributed by atoms with E-state index in [1.807, 2.05) is 0 Å². The second-order valence-electron chi connectivity index (χ2n) is 5.59. The number of halogens is 3. The molecule has 0 atom stereocenters. The number of carbonyl (C=O) groups excluding carboxylic acids is 2. The summed E-state index contributed by atoms with van der Waals surface area (Å²) in [7, 11) is 0. The number of benzene rings is 2. The molecule has 2 amide bonds. The molecular weight excluding hydrogens is 409 g/mol. The van der Waals surface area contributed by atoms with E-state index in [4.69, 9.17) is 4.42 Å². The Morgan fingerprint density at radius 2 is 1.83 bits per heavy atom. The van der Waals surface area contributed by atoms with Crippen molar-refractivity contribution in [3.63, 3.8) is 0 Å². The molecule has 2 N–H and O–H groups in total. The zero-order chi connectivity index (χ0) is 20.8. The molecule has 0 aliphatic carbocycles. The van der Waals surface area contributed by atoms with Crippen LogP contribution in [-0.2, 0) is 11.3 Å². The molecule has 0 saturated carbocycles. The van der Waals surface area contributed by atoms with E-state index in [2.05, 4.69) is 20.8 Å². The standard InChI is InChI=1S/C18H13F3N4O3S/c19-10-5-6-14(13(21)7-10)23-15(26)9-29-18-25-24-16(28-18)8-22-17(27)11-3-1-2-4-12(11)20/h1-7H,8-9H2,(H,22,27)(H,23,26). The van der Waals surface area contributed by atoms with E-state index < -0.39 is 29.3 Å². The van der Waals surface area contributed by atoms with Crippen LogP contribution in [0.2, 0.25) is 0 Å². The van der Waals surface area contributed by atoms with Crippen molar-refractivity contribution in [2.75, 3.05) is 11.1 Å². The van der Waals surface area contributed by atoms with Crippen LogP contribution in [0.3, 0.4) is 0 Å². The summed E-state index contributed by atoms with van der Waals surface area (Å²) in [6.07, 6.45) is 0. The van der Waals surface area contributed by atoms with Crippen molar-refractivity contribution in [3.05, 3.63) is 71.4 Å². The Kier molecular flexibility index (Phi) is 6.50. The Hall–Kier alpha value is -3.34. The van der Waals surface area contributed by atoms with Crippen LogP contribution >= 0.6 is 11.8 Å². The molecule has 1 heterocycles. The first-order valence-electron chi connectivity index (χ1n) is 8.15. The van der Waals surface area contributed by atoms with Crippen molar-refractivity contribution < 1.29 is 27.2 Å². The highest BCUT2D eigenvalue weighted by Crippen LogP contribution is 2.18. The summed E-state index contributed by atoms with van der Waals surface area (Å²) in [4.78, 5) is 23.8. The predicted octanol–water partition coefficient (Wildman–Crippen LogP) is 3.15. The molecule has 7 nitrogen and oxygen atoms in total. The van der Waals surface area contributed by atoms with Crippen LogP contribution in [0.25, 0.3) is 0 Å². The van der Waals surface area contributed by atoms with Gasteiger partial charge in [0.25, 0.3) is 11.1 Å². The van der Waals surface area contributed by atoms with Gasteiger partial charge in [0.15, 0.2) is 0 Å². The second kappa shape index (κ2) is 9.24. The van der Waals surface area contributed by atoms with Crippen molar-refractivity contribution in [2.24, 2.45) is 0 Å². The van der Waals surface area contributed by atoms with E-state index in [0.717, 1.165) is 23.9 Å². The highest BCUT2D eigenvalue weighted by Gasteiger charge is 2.14. The molecule has 3 aromatic rings. The first kappa shape index (κ1) is 20.4. The number of hydrogen-bond donors (Lipinski definition) is 2. The summed E-state index contributed by atoms with van der Waals surface area (Å²) in [5.41, 5.74) is -0.273. The molecule has 2 aromatic carbocycles. The number of hydrogen-bond acceptors (Lipinski definition) is 6. The summed E-state index contributed by atoms with van der Waals surface area (Å²) in [5, 5.41) is 12.2. The van der Waals surface area contributed by atoms with Crippen molar-refractivity contribution in [2.45, 2.75) is 11.8 Å². The van der Waals surface area contributed by atoms with Crippen molar-refractivity contribution in [1.82, 2.24) is 15.5 Å². The fourth-order valence-electron chi connectivity index (χ4n) is 2.17. The minimum Gasteiger partial charge on any atom is -0.414 e. The lowest BCUT2D eigenvalue weighted by Gasteiger charge is -2.05. The number of aromatic nitrogens is 2. The second-order valence-corrected chi connectivity index (χ2v) is 6.51. The van der Waals surface area contributed by atoms with E-state index >= 15 is 0 Å². The molecule has 150 valence electrons. The molecule has 0 unspecified atom stereocenters. The van der Waals surface area contributed by atoms with Gasteiger partial charge in [-0.1, -0.05) is 23.9 Å². The molecule has 11 heteroatoms.